The van der Waals surface area contributed by atoms with Gasteiger partial charge in [-0.2, -0.15) is 0 Å². The molecule has 29 heavy (non-hydrogen) atoms. The van der Waals surface area contributed by atoms with Crippen molar-refractivity contribution in [1.82, 2.24) is 4.98 Å². The summed E-state index contributed by atoms with van der Waals surface area (Å²) in [6, 6.07) is 5.01. The molecule has 0 radical (unpaired) electrons. The summed E-state index contributed by atoms with van der Waals surface area (Å²) in [5.74, 6) is -2.12. The van der Waals surface area contributed by atoms with Crippen molar-refractivity contribution in [1.29, 1.82) is 0 Å². The summed E-state index contributed by atoms with van der Waals surface area (Å²) in [5.41, 5.74) is 3.37. The van der Waals surface area contributed by atoms with E-state index in [1.807, 2.05) is 0 Å². The lowest BCUT2D eigenvalue weighted by Gasteiger charge is -2.33. The number of anilines is 1. The molecule has 1 amide bonds. The number of aliphatic imine (C=N–C) groups is 1. The standard InChI is InChI=1S/C19H16ClF3N4O2/c1-8-4-10(26-16(28)13-3-2-9(20)7-25-13)5-12(15(8)21)19(17(22)23)11-6-14(11)29-18(24)27-19/h2-5,7,11,14,17H,6H2,1H3,(H2,24,27)(H,26,28)/t11-,14?,19-/m1/s1. The van der Waals surface area contributed by atoms with Crippen LogP contribution >= 0.6 is 11.6 Å². The molecule has 4 rings (SSSR count). The lowest BCUT2D eigenvalue weighted by atomic mass is 9.83. The van der Waals surface area contributed by atoms with Crippen LogP contribution in [0.25, 0.3) is 0 Å². The number of benzene rings is 1. The molecule has 152 valence electrons. The van der Waals surface area contributed by atoms with E-state index in [0.29, 0.717) is 5.02 Å². The van der Waals surface area contributed by atoms with Gasteiger partial charge in [0.05, 0.1) is 5.02 Å². The van der Waals surface area contributed by atoms with E-state index in [1.165, 1.54) is 37.4 Å². The predicted molar refractivity (Wildman–Crippen MR) is 101 cm³/mol. The molecule has 3 atom stereocenters. The highest BCUT2D eigenvalue weighted by Crippen LogP contribution is 2.56. The van der Waals surface area contributed by atoms with E-state index in [9.17, 15) is 18.0 Å². The van der Waals surface area contributed by atoms with Gasteiger partial charge < -0.3 is 15.8 Å². The average Bonchev–Trinajstić information content (AvgIpc) is 3.43. The number of nitrogens with two attached hydrogens (primary N) is 1. The Labute approximate surface area is 168 Å². The monoisotopic (exact) mass is 424 g/mol. The zero-order valence-electron chi connectivity index (χ0n) is 15.1. The van der Waals surface area contributed by atoms with E-state index in [4.69, 9.17) is 22.1 Å². The largest absolute Gasteiger partial charge is 0.462 e. The maximum Gasteiger partial charge on any atom is 0.283 e. The first-order valence-electron chi connectivity index (χ1n) is 8.76. The molecule has 2 aliphatic rings. The fourth-order valence-corrected chi connectivity index (χ4v) is 3.75. The molecule has 2 aromatic rings. The molecular formula is C19H16ClF3N4O2. The zero-order valence-corrected chi connectivity index (χ0v) is 15.9. The summed E-state index contributed by atoms with van der Waals surface area (Å²) in [7, 11) is 0. The second-order valence-electron chi connectivity index (χ2n) is 7.05. The fourth-order valence-electron chi connectivity index (χ4n) is 3.64. The smallest absolute Gasteiger partial charge is 0.283 e. The number of alkyl halides is 2. The van der Waals surface area contributed by atoms with E-state index in [0.717, 1.165) is 0 Å². The van der Waals surface area contributed by atoms with E-state index in [1.54, 1.807) is 0 Å². The highest BCUT2D eigenvalue weighted by Gasteiger charge is 2.64. The van der Waals surface area contributed by atoms with Gasteiger partial charge in [-0.05, 0) is 43.2 Å². The predicted octanol–water partition coefficient (Wildman–Crippen LogP) is 3.63. The summed E-state index contributed by atoms with van der Waals surface area (Å²) in [5, 5.41) is 2.91. The fraction of sp³-hybridized carbons (Fsp3) is 0.316. The summed E-state index contributed by atoms with van der Waals surface area (Å²) in [4.78, 5) is 20.2. The average molecular weight is 425 g/mol. The van der Waals surface area contributed by atoms with Crippen molar-refractivity contribution in [2.24, 2.45) is 16.6 Å². The number of ether oxygens (including phenoxy) is 1. The Hall–Kier alpha value is -2.81. The van der Waals surface area contributed by atoms with Gasteiger partial charge in [0, 0.05) is 23.4 Å². The molecule has 6 nitrogen and oxygen atoms in total. The third-order valence-electron chi connectivity index (χ3n) is 5.10. The van der Waals surface area contributed by atoms with Crippen molar-refractivity contribution < 1.29 is 22.7 Å². The van der Waals surface area contributed by atoms with Gasteiger partial charge in [0.15, 0.2) is 5.54 Å². The minimum atomic E-state index is -3.02. The molecule has 1 aromatic heterocycles. The topological polar surface area (TPSA) is 89.6 Å². The number of pyridine rings is 1. The summed E-state index contributed by atoms with van der Waals surface area (Å²) in [6.45, 7) is 1.42. The number of fused-ring (bicyclic) bond motifs is 1. The van der Waals surface area contributed by atoms with Gasteiger partial charge in [-0.1, -0.05) is 11.6 Å². The van der Waals surface area contributed by atoms with Gasteiger partial charge in [-0.3, -0.25) is 4.79 Å². The Kier molecular flexibility index (Phi) is 4.65. The minimum Gasteiger partial charge on any atom is -0.462 e. The van der Waals surface area contributed by atoms with Crippen LogP contribution in [0.4, 0.5) is 18.9 Å². The Balaban J connectivity index is 1.75. The Bertz CT molecular complexity index is 1020. The summed E-state index contributed by atoms with van der Waals surface area (Å²) in [6.07, 6.45) is -1.95. The van der Waals surface area contributed by atoms with Crippen LogP contribution in [0.3, 0.4) is 0 Å². The second kappa shape index (κ2) is 6.91. The maximum atomic E-state index is 15.0. The second-order valence-corrected chi connectivity index (χ2v) is 7.48. The van der Waals surface area contributed by atoms with Crippen molar-refractivity contribution in [3.63, 3.8) is 0 Å². The maximum absolute atomic E-state index is 15.0. The molecule has 1 aliphatic heterocycles. The highest BCUT2D eigenvalue weighted by atomic mass is 35.5. The number of nitrogens with zero attached hydrogens (tertiary/aromatic N) is 2. The van der Waals surface area contributed by atoms with Crippen molar-refractivity contribution in [3.8, 4) is 0 Å². The van der Waals surface area contributed by atoms with Gasteiger partial charge in [-0.15, -0.1) is 0 Å². The molecule has 0 saturated heterocycles. The Morgan fingerprint density at radius 3 is 2.83 bits per heavy atom. The first kappa shape index (κ1) is 19.5. The molecular weight excluding hydrogens is 409 g/mol. The van der Waals surface area contributed by atoms with Crippen LogP contribution in [0.2, 0.25) is 5.02 Å². The van der Waals surface area contributed by atoms with Crippen LogP contribution in [0, 0.1) is 18.7 Å². The molecule has 0 bridgehead atoms. The van der Waals surface area contributed by atoms with Crippen LogP contribution in [0.15, 0.2) is 35.5 Å². The van der Waals surface area contributed by atoms with Crippen LogP contribution in [0.1, 0.15) is 28.0 Å². The van der Waals surface area contributed by atoms with Crippen molar-refractivity contribution in [3.05, 3.63) is 58.1 Å². The molecule has 1 fully saturated rings. The number of aryl methyl sites for hydroxylation is 1. The van der Waals surface area contributed by atoms with Crippen LogP contribution in [-0.2, 0) is 10.3 Å². The lowest BCUT2D eigenvalue weighted by molar-refractivity contribution is 0.0176. The number of amides is 1. The quantitative estimate of drug-likeness (QED) is 0.784. The number of amidine groups is 1. The molecule has 3 N–H and O–H groups in total. The number of rotatable bonds is 4. The van der Waals surface area contributed by atoms with Gasteiger partial charge in [0.1, 0.15) is 17.6 Å². The van der Waals surface area contributed by atoms with Gasteiger partial charge in [0.2, 0.25) is 0 Å². The van der Waals surface area contributed by atoms with E-state index in [2.05, 4.69) is 15.3 Å². The molecule has 1 saturated carbocycles. The van der Waals surface area contributed by atoms with Gasteiger partial charge >= 0.3 is 0 Å². The third kappa shape index (κ3) is 3.29. The Morgan fingerprint density at radius 1 is 1.41 bits per heavy atom. The number of carbonyl (C=O) groups is 1. The molecule has 2 heterocycles. The minimum absolute atomic E-state index is 0.0667. The first-order valence-corrected chi connectivity index (χ1v) is 9.14. The van der Waals surface area contributed by atoms with E-state index in [-0.39, 0.29) is 28.9 Å². The Morgan fingerprint density at radius 2 is 2.17 bits per heavy atom. The normalized spacial score (nSPS) is 25.1. The number of hydrogen-bond donors (Lipinski definition) is 2. The lowest BCUT2D eigenvalue weighted by Crippen LogP contribution is -2.43. The van der Waals surface area contributed by atoms with E-state index >= 15 is 0 Å². The van der Waals surface area contributed by atoms with Gasteiger partial charge in [-0.25, -0.2) is 23.1 Å². The van der Waals surface area contributed by atoms with Crippen LogP contribution in [-0.4, -0.2) is 29.4 Å². The molecule has 1 aliphatic carbocycles. The summed E-state index contributed by atoms with van der Waals surface area (Å²) < 4.78 is 48.6. The zero-order chi connectivity index (χ0) is 20.9. The number of aromatic nitrogens is 1. The molecule has 10 heteroatoms. The number of halogens is 4. The SMILES string of the molecule is Cc1cc(NC(=O)c2ccc(Cl)cn2)cc([C@]2(C(F)F)N=C(N)OC3C[C@H]32)c1F. The third-order valence-corrected chi connectivity index (χ3v) is 5.32. The molecule has 1 unspecified atom stereocenters. The first-order chi connectivity index (χ1) is 13.7. The summed E-state index contributed by atoms with van der Waals surface area (Å²) >= 11 is 5.76. The van der Waals surface area contributed by atoms with Crippen molar-refractivity contribution >= 4 is 29.2 Å². The van der Waals surface area contributed by atoms with E-state index < -0.39 is 41.7 Å². The number of nitrogens with one attached hydrogen (secondary N) is 1. The van der Waals surface area contributed by atoms with Crippen molar-refractivity contribution in [2.45, 2.75) is 31.4 Å². The number of hydrogen-bond acceptors (Lipinski definition) is 5. The van der Waals surface area contributed by atoms with Crippen molar-refractivity contribution in [2.75, 3.05) is 5.32 Å². The highest BCUT2D eigenvalue weighted by molar-refractivity contribution is 6.30. The number of carbonyl (C=O) groups excluding carboxylic acids is 1. The van der Waals surface area contributed by atoms with Gasteiger partial charge in [0.25, 0.3) is 18.4 Å². The molecule has 0 spiro atoms. The van der Waals surface area contributed by atoms with Crippen LogP contribution in [0.5, 0.6) is 0 Å². The van der Waals surface area contributed by atoms with Crippen LogP contribution < -0.4 is 11.1 Å². The molecule has 1 aromatic carbocycles.